The van der Waals surface area contributed by atoms with E-state index in [2.05, 4.69) is 5.16 Å². The van der Waals surface area contributed by atoms with Crippen molar-refractivity contribution in [3.05, 3.63) is 16.0 Å². The number of carbonyl (C=O) groups excluding carboxylic acids is 1. The second-order valence-electron chi connectivity index (χ2n) is 6.13. The molecule has 0 saturated carbocycles. The molecular weight excluding hydrogens is 326 g/mol. The van der Waals surface area contributed by atoms with Gasteiger partial charge in [0.25, 0.3) is 0 Å². The average Bonchev–Trinajstić information content (AvgIpc) is 2.75. The van der Waals surface area contributed by atoms with E-state index in [1.165, 1.54) is 0 Å². The van der Waals surface area contributed by atoms with Gasteiger partial charge in [-0.1, -0.05) is 19.0 Å². The molecular formula is C14H19NO5S2. The third-order valence-corrected chi connectivity index (χ3v) is 6.53. The van der Waals surface area contributed by atoms with E-state index < -0.39 is 15.8 Å². The summed E-state index contributed by atoms with van der Waals surface area (Å²) in [6, 6.07) is 0. The molecule has 0 unspecified atom stereocenters. The van der Waals surface area contributed by atoms with Crippen molar-refractivity contribution < 1.29 is 23.2 Å². The molecule has 6 nitrogen and oxygen atoms in total. The minimum absolute atomic E-state index is 0.0638. The lowest BCUT2D eigenvalue weighted by Gasteiger charge is -2.30. The highest BCUT2D eigenvalue weighted by atomic mass is 32.2. The summed E-state index contributed by atoms with van der Waals surface area (Å²) in [5, 5.41) is 12.6. The van der Waals surface area contributed by atoms with Gasteiger partial charge in [0.2, 0.25) is 0 Å². The molecule has 0 aromatic carbocycles. The van der Waals surface area contributed by atoms with Gasteiger partial charge in [-0.15, -0.1) is 11.3 Å². The Morgan fingerprint density at radius 2 is 2.05 bits per heavy atom. The van der Waals surface area contributed by atoms with Gasteiger partial charge in [-0.2, -0.15) is 0 Å². The smallest absolute Gasteiger partial charge is 0.348 e. The number of esters is 1. The molecule has 1 heterocycles. The Kier molecular flexibility index (Phi) is 4.36. The lowest BCUT2D eigenvalue weighted by molar-refractivity contribution is 0.0530. The zero-order valence-corrected chi connectivity index (χ0v) is 14.6. The number of rotatable bonds is 3. The van der Waals surface area contributed by atoms with Gasteiger partial charge < -0.3 is 9.94 Å². The Labute approximate surface area is 133 Å². The van der Waals surface area contributed by atoms with Crippen molar-refractivity contribution in [2.75, 3.05) is 12.9 Å². The molecule has 0 spiro atoms. The van der Waals surface area contributed by atoms with Gasteiger partial charge >= 0.3 is 5.97 Å². The summed E-state index contributed by atoms with van der Waals surface area (Å²) in [6.07, 6.45) is 2.06. The molecule has 0 amide bonds. The number of carbonyl (C=O) groups is 1. The summed E-state index contributed by atoms with van der Waals surface area (Å²) in [5.41, 5.74) is 1.05. The summed E-state index contributed by atoms with van der Waals surface area (Å²) < 4.78 is 29.2. The second-order valence-corrected chi connectivity index (χ2v) is 9.36. The van der Waals surface area contributed by atoms with Crippen LogP contribution >= 0.6 is 11.3 Å². The topological polar surface area (TPSA) is 93.0 Å². The number of nitrogens with zero attached hydrogens (tertiary/aromatic N) is 1. The van der Waals surface area contributed by atoms with E-state index in [1.54, 1.807) is 6.92 Å². The van der Waals surface area contributed by atoms with Gasteiger partial charge in [0.05, 0.1) is 12.3 Å². The number of sulfone groups is 1. The van der Waals surface area contributed by atoms with Gasteiger partial charge in [0.1, 0.15) is 9.09 Å². The monoisotopic (exact) mass is 345 g/mol. The van der Waals surface area contributed by atoms with Crippen LogP contribution in [-0.4, -0.2) is 38.2 Å². The Morgan fingerprint density at radius 3 is 2.55 bits per heavy atom. The van der Waals surface area contributed by atoms with E-state index >= 15 is 0 Å². The zero-order chi connectivity index (χ0) is 16.7. The molecule has 0 atom stereocenters. The van der Waals surface area contributed by atoms with Crippen LogP contribution in [-0.2, 0) is 21.0 Å². The molecule has 0 radical (unpaired) electrons. The standard InChI is InChI=1S/C14H19NO5S2/c1-5-20-12(16)11-8-6-14(2,3)7-9(15-17)10(8)13(21-11)22(4,18)19/h17H,5-7H2,1-4H3/b15-9+. The van der Waals surface area contributed by atoms with E-state index in [0.717, 1.165) is 17.6 Å². The van der Waals surface area contributed by atoms with Crippen LogP contribution in [0.1, 0.15) is 48.0 Å². The molecule has 1 aliphatic carbocycles. The molecule has 1 N–H and O–H groups in total. The van der Waals surface area contributed by atoms with Crippen molar-refractivity contribution in [3.8, 4) is 0 Å². The Morgan fingerprint density at radius 1 is 1.41 bits per heavy atom. The summed E-state index contributed by atoms with van der Waals surface area (Å²) >= 11 is 0.896. The summed E-state index contributed by atoms with van der Waals surface area (Å²) in [5.74, 6) is -0.534. The van der Waals surface area contributed by atoms with E-state index in [9.17, 15) is 18.4 Å². The zero-order valence-electron chi connectivity index (χ0n) is 13.0. The number of ether oxygens (including phenoxy) is 1. The maximum absolute atomic E-state index is 12.2. The van der Waals surface area contributed by atoms with E-state index in [1.807, 2.05) is 13.8 Å². The van der Waals surface area contributed by atoms with E-state index in [4.69, 9.17) is 4.74 Å². The number of thiophene rings is 1. The highest BCUT2D eigenvalue weighted by Gasteiger charge is 2.39. The summed E-state index contributed by atoms with van der Waals surface area (Å²) in [4.78, 5) is 12.4. The number of oxime groups is 1. The first-order valence-corrected chi connectivity index (χ1v) is 9.55. The minimum atomic E-state index is -3.53. The van der Waals surface area contributed by atoms with Crippen LogP contribution in [0.5, 0.6) is 0 Å². The lowest BCUT2D eigenvalue weighted by Crippen LogP contribution is -2.28. The van der Waals surface area contributed by atoms with E-state index in [-0.39, 0.29) is 21.1 Å². The molecule has 1 aromatic heterocycles. The van der Waals surface area contributed by atoms with Crippen LogP contribution in [0, 0.1) is 5.41 Å². The quantitative estimate of drug-likeness (QED) is 0.516. The highest BCUT2D eigenvalue weighted by Crippen LogP contribution is 2.43. The third kappa shape index (κ3) is 3.03. The first-order chi connectivity index (χ1) is 10.1. The van der Waals surface area contributed by atoms with Crippen LogP contribution in [0.3, 0.4) is 0 Å². The molecule has 0 saturated heterocycles. The molecule has 0 fully saturated rings. The molecule has 22 heavy (non-hydrogen) atoms. The van der Waals surface area contributed by atoms with Crippen molar-refractivity contribution in [2.45, 2.75) is 37.8 Å². The maximum atomic E-state index is 12.2. The normalized spacial score (nSPS) is 19.0. The lowest BCUT2D eigenvalue weighted by atomic mass is 9.74. The Balaban J connectivity index is 2.76. The molecule has 8 heteroatoms. The maximum Gasteiger partial charge on any atom is 0.348 e. The predicted octanol–water partition coefficient (Wildman–Crippen LogP) is 2.48. The SMILES string of the molecule is CCOC(=O)c1sc(S(C)(=O)=O)c2c1CC(C)(C)C/C2=N\O. The Bertz CT molecular complexity index is 744. The van der Waals surface area contributed by atoms with Gasteiger partial charge in [0.15, 0.2) is 9.84 Å². The van der Waals surface area contributed by atoms with Gasteiger partial charge in [-0.3, -0.25) is 0 Å². The molecule has 122 valence electrons. The molecule has 0 bridgehead atoms. The fourth-order valence-electron chi connectivity index (χ4n) is 2.69. The van der Waals surface area contributed by atoms with Crippen molar-refractivity contribution >= 4 is 32.9 Å². The number of hydrogen-bond donors (Lipinski definition) is 1. The largest absolute Gasteiger partial charge is 0.462 e. The molecule has 1 aromatic rings. The predicted molar refractivity (Wildman–Crippen MR) is 83.8 cm³/mol. The fraction of sp³-hybridized carbons (Fsp3) is 0.571. The van der Waals surface area contributed by atoms with E-state index in [0.29, 0.717) is 29.7 Å². The molecule has 1 aliphatic rings. The van der Waals surface area contributed by atoms with Crippen molar-refractivity contribution in [3.63, 3.8) is 0 Å². The fourth-order valence-corrected chi connectivity index (χ4v) is 5.13. The van der Waals surface area contributed by atoms with Crippen LogP contribution < -0.4 is 0 Å². The molecule has 2 rings (SSSR count). The first-order valence-electron chi connectivity index (χ1n) is 6.85. The van der Waals surface area contributed by atoms with Crippen molar-refractivity contribution in [1.82, 2.24) is 0 Å². The van der Waals surface area contributed by atoms with Gasteiger partial charge in [0, 0.05) is 11.8 Å². The summed E-state index contributed by atoms with van der Waals surface area (Å²) in [7, 11) is -3.53. The van der Waals surface area contributed by atoms with Crippen LogP contribution in [0.4, 0.5) is 0 Å². The Hall–Kier alpha value is -1.41. The van der Waals surface area contributed by atoms with Gasteiger partial charge in [-0.05, 0) is 30.7 Å². The first kappa shape index (κ1) is 17.0. The van der Waals surface area contributed by atoms with Crippen LogP contribution in [0.15, 0.2) is 9.36 Å². The van der Waals surface area contributed by atoms with Crippen LogP contribution in [0.2, 0.25) is 0 Å². The van der Waals surface area contributed by atoms with Crippen molar-refractivity contribution in [2.24, 2.45) is 10.6 Å². The highest BCUT2D eigenvalue weighted by molar-refractivity contribution is 7.92. The summed E-state index contributed by atoms with van der Waals surface area (Å²) in [6.45, 7) is 5.87. The van der Waals surface area contributed by atoms with Crippen LogP contribution in [0.25, 0.3) is 0 Å². The van der Waals surface area contributed by atoms with Gasteiger partial charge in [-0.25, -0.2) is 13.2 Å². The third-order valence-electron chi connectivity index (χ3n) is 3.48. The minimum Gasteiger partial charge on any atom is -0.462 e. The second kappa shape index (κ2) is 5.66. The average molecular weight is 345 g/mol. The number of hydrogen-bond acceptors (Lipinski definition) is 7. The number of fused-ring (bicyclic) bond motifs is 1. The van der Waals surface area contributed by atoms with Crippen molar-refractivity contribution in [1.29, 1.82) is 0 Å². The molecule has 0 aliphatic heterocycles.